The molecule has 0 unspecified atom stereocenters. The second kappa shape index (κ2) is 9.94. The molecule has 0 bridgehead atoms. The first-order valence-corrected chi connectivity index (χ1v) is 11.2. The summed E-state index contributed by atoms with van der Waals surface area (Å²) in [7, 11) is -3.60. The van der Waals surface area contributed by atoms with Gasteiger partial charge >= 0.3 is 10.1 Å². The zero-order chi connectivity index (χ0) is 20.7. The number of carbonyl (C=O) groups is 1. The number of alkyl halides is 1. The highest BCUT2D eigenvalue weighted by molar-refractivity contribution is 7.87. The van der Waals surface area contributed by atoms with E-state index in [4.69, 9.17) is 15.8 Å². The summed E-state index contributed by atoms with van der Waals surface area (Å²) in [6, 6.07) is 16.0. The van der Waals surface area contributed by atoms with E-state index in [1.807, 2.05) is 50.2 Å². The van der Waals surface area contributed by atoms with E-state index in [-0.39, 0.29) is 23.3 Å². The quantitative estimate of drug-likeness (QED) is 0.443. The molecule has 28 heavy (non-hydrogen) atoms. The van der Waals surface area contributed by atoms with E-state index in [1.165, 1.54) is 6.92 Å². The van der Waals surface area contributed by atoms with Crippen molar-refractivity contribution in [3.8, 4) is 5.75 Å². The third-order valence-electron chi connectivity index (χ3n) is 4.05. The predicted molar refractivity (Wildman–Crippen MR) is 112 cm³/mol. The summed E-state index contributed by atoms with van der Waals surface area (Å²) in [5.41, 5.74) is 1.52. The maximum Gasteiger partial charge on any atom is 0.308 e. The Kier molecular flexibility index (Phi) is 7.89. The van der Waals surface area contributed by atoms with Crippen molar-refractivity contribution in [2.24, 2.45) is 5.92 Å². The molecule has 2 aromatic rings. The van der Waals surface area contributed by atoms with Crippen molar-refractivity contribution in [2.75, 3.05) is 12.3 Å². The number of halogens is 1. The van der Waals surface area contributed by atoms with Gasteiger partial charge in [-0.3, -0.25) is 4.79 Å². The average molecular weight is 424 g/mol. The van der Waals surface area contributed by atoms with E-state index in [2.05, 4.69) is 0 Å². The van der Waals surface area contributed by atoms with Crippen molar-refractivity contribution in [3.05, 3.63) is 65.7 Å². The summed E-state index contributed by atoms with van der Waals surface area (Å²) in [6.45, 7) is 6.43. The fourth-order valence-electron chi connectivity index (χ4n) is 2.72. The molecule has 0 N–H and O–H groups in total. The van der Waals surface area contributed by atoms with Crippen molar-refractivity contribution in [3.63, 3.8) is 0 Å². The lowest BCUT2D eigenvalue weighted by molar-refractivity contribution is -0.132. The highest BCUT2D eigenvalue weighted by Crippen LogP contribution is 2.25. The van der Waals surface area contributed by atoms with Gasteiger partial charge in [0.25, 0.3) is 0 Å². The van der Waals surface area contributed by atoms with Crippen LogP contribution in [0.1, 0.15) is 37.3 Å². The van der Waals surface area contributed by atoms with Crippen LogP contribution in [0.25, 0.3) is 0 Å². The maximum absolute atomic E-state index is 13.0. The molecule has 152 valence electrons. The van der Waals surface area contributed by atoms with E-state index in [0.717, 1.165) is 11.1 Å². The Balaban J connectivity index is 2.21. The van der Waals surface area contributed by atoms with Crippen molar-refractivity contribution < 1.29 is 17.4 Å². The van der Waals surface area contributed by atoms with Crippen LogP contribution < -0.4 is 4.18 Å². The van der Waals surface area contributed by atoms with Gasteiger partial charge in [0.1, 0.15) is 11.1 Å². The summed E-state index contributed by atoms with van der Waals surface area (Å²) in [4.78, 5) is 14.7. The standard InChI is InChI=1S/C21H26ClNO4S/c1-4-28(25,26)27-19-12-8-9-17(13-19)15-23(14-16(2)3)21(24)20(22)18-10-6-5-7-11-18/h5-13,16,20H,4,14-15H2,1-3H3/t20-/m1/s1. The minimum Gasteiger partial charge on any atom is -0.382 e. The fraction of sp³-hybridized carbons (Fsp3) is 0.381. The van der Waals surface area contributed by atoms with E-state index in [1.54, 1.807) is 23.1 Å². The number of hydrogen-bond acceptors (Lipinski definition) is 4. The zero-order valence-electron chi connectivity index (χ0n) is 16.3. The number of benzene rings is 2. The third-order valence-corrected chi connectivity index (χ3v) is 5.65. The number of hydrogen-bond donors (Lipinski definition) is 0. The number of carbonyl (C=O) groups excluding carboxylic acids is 1. The van der Waals surface area contributed by atoms with Crippen LogP contribution in [-0.4, -0.2) is 31.5 Å². The van der Waals surface area contributed by atoms with Crippen molar-refractivity contribution in [1.29, 1.82) is 0 Å². The number of rotatable bonds is 9. The molecule has 0 radical (unpaired) electrons. The van der Waals surface area contributed by atoms with Crippen molar-refractivity contribution in [1.82, 2.24) is 4.90 Å². The minimum absolute atomic E-state index is 0.111. The summed E-state index contributed by atoms with van der Waals surface area (Å²) in [6.07, 6.45) is 0. The highest BCUT2D eigenvalue weighted by atomic mass is 35.5. The first-order valence-electron chi connectivity index (χ1n) is 9.20. The van der Waals surface area contributed by atoms with Gasteiger partial charge in [0.05, 0.1) is 5.75 Å². The molecular formula is C21H26ClNO4S. The van der Waals surface area contributed by atoms with Gasteiger partial charge < -0.3 is 9.08 Å². The van der Waals surface area contributed by atoms with E-state index in [9.17, 15) is 13.2 Å². The molecular weight excluding hydrogens is 398 g/mol. The average Bonchev–Trinajstić information content (AvgIpc) is 2.66. The smallest absolute Gasteiger partial charge is 0.308 e. The van der Waals surface area contributed by atoms with Gasteiger partial charge in [0.15, 0.2) is 0 Å². The highest BCUT2D eigenvalue weighted by Gasteiger charge is 2.24. The van der Waals surface area contributed by atoms with Crippen LogP contribution in [0, 0.1) is 5.92 Å². The van der Waals surface area contributed by atoms with Gasteiger partial charge in [0.2, 0.25) is 5.91 Å². The molecule has 0 aliphatic carbocycles. The van der Waals surface area contributed by atoms with Gasteiger partial charge in [-0.05, 0) is 36.1 Å². The molecule has 2 rings (SSSR count). The van der Waals surface area contributed by atoms with Crippen molar-refractivity contribution >= 4 is 27.6 Å². The van der Waals surface area contributed by atoms with Gasteiger partial charge in [-0.15, -0.1) is 11.6 Å². The SMILES string of the molecule is CCS(=O)(=O)Oc1cccc(CN(CC(C)C)C(=O)[C@H](Cl)c2ccccc2)c1. The Morgan fingerprint density at radius 2 is 1.79 bits per heavy atom. The first kappa shape index (κ1) is 22.2. The largest absolute Gasteiger partial charge is 0.382 e. The fourth-order valence-corrected chi connectivity index (χ4v) is 3.52. The first-order chi connectivity index (χ1) is 13.2. The summed E-state index contributed by atoms with van der Waals surface area (Å²) in [5, 5.41) is -0.778. The van der Waals surface area contributed by atoms with Gasteiger partial charge in [-0.1, -0.05) is 56.3 Å². The summed E-state index contributed by atoms with van der Waals surface area (Å²) >= 11 is 6.44. The molecule has 0 fully saturated rings. The number of amides is 1. The summed E-state index contributed by atoms with van der Waals surface area (Å²) in [5.74, 6) is 0.194. The number of nitrogens with zero attached hydrogens (tertiary/aromatic N) is 1. The molecule has 0 saturated carbocycles. The van der Waals surface area contributed by atoms with E-state index in [0.29, 0.717) is 13.1 Å². The van der Waals surface area contributed by atoms with E-state index < -0.39 is 15.5 Å². The molecule has 2 aromatic carbocycles. The van der Waals surface area contributed by atoms with Crippen LogP contribution in [-0.2, 0) is 21.5 Å². The van der Waals surface area contributed by atoms with Gasteiger partial charge in [-0.2, -0.15) is 8.42 Å². The van der Waals surface area contributed by atoms with Crippen LogP contribution in [0.15, 0.2) is 54.6 Å². The zero-order valence-corrected chi connectivity index (χ0v) is 17.9. The topological polar surface area (TPSA) is 63.7 Å². The Morgan fingerprint density at radius 1 is 1.11 bits per heavy atom. The second-order valence-electron chi connectivity index (χ2n) is 6.96. The Morgan fingerprint density at radius 3 is 2.39 bits per heavy atom. The van der Waals surface area contributed by atoms with Crippen LogP contribution in [0.3, 0.4) is 0 Å². The molecule has 0 saturated heterocycles. The normalized spacial score (nSPS) is 12.6. The third kappa shape index (κ3) is 6.53. The second-order valence-corrected chi connectivity index (χ2v) is 9.26. The molecule has 1 amide bonds. The van der Waals surface area contributed by atoms with Crippen LogP contribution >= 0.6 is 11.6 Å². The monoisotopic (exact) mass is 423 g/mol. The maximum atomic E-state index is 13.0. The lowest BCUT2D eigenvalue weighted by Crippen LogP contribution is -2.36. The Labute approximate surface area is 172 Å². The molecule has 0 heterocycles. The van der Waals surface area contributed by atoms with Crippen LogP contribution in [0.5, 0.6) is 5.75 Å². The molecule has 0 aliphatic heterocycles. The molecule has 0 aliphatic rings. The molecule has 5 nitrogen and oxygen atoms in total. The van der Waals surface area contributed by atoms with Crippen molar-refractivity contribution in [2.45, 2.75) is 32.7 Å². The lowest BCUT2D eigenvalue weighted by atomic mass is 10.1. The van der Waals surface area contributed by atoms with Crippen LogP contribution in [0.4, 0.5) is 0 Å². The van der Waals surface area contributed by atoms with E-state index >= 15 is 0 Å². The molecule has 7 heteroatoms. The molecule has 0 aromatic heterocycles. The Bertz CT molecular complexity index is 884. The molecule has 0 spiro atoms. The lowest BCUT2D eigenvalue weighted by Gasteiger charge is -2.27. The summed E-state index contributed by atoms with van der Waals surface area (Å²) < 4.78 is 28.5. The minimum atomic E-state index is -3.60. The van der Waals surface area contributed by atoms with Gasteiger partial charge in [-0.25, -0.2) is 0 Å². The Hall–Kier alpha value is -2.05. The van der Waals surface area contributed by atoms with Crippen LogP contribution in [0.2, 0.25) is 0 Å². The predicted octanol–water partition coefficient (Wildman–Crippen LogP) is 4.38. The molecule has 1 atom stereocenters. The van der Waals surface area contributed by atoms with Gasteiger partial charge in [0, 0.05) is 13.1 Å².